The third-order valence-electron chi connectivity index (χ3n) is 4.17. The number of hydrogen-bond acceptors (Lipinski definition) is 6. The van der Waals surface area contributed by atoms with Crippen LogP contribution in [0.1, 0.15) is 22.2 Å². The molecule has 2 heterocycles. The number of imidazole rings is 1. The second-order valence-corrected chi connectivity index (χ2v) is 6.14. The first kappa shape index (κ1) is 18.3. The third-order valence-corrected chi connectivity index (χ3v) is 4.17. The van der Waals surface area contributed by atoms with Crippen molar-refractivity contribution in [3.63, 3.8) is 0 Å². The number of carbonyl (C=O) groups excluding carboxylic acids is 1. The molecule has 3 rings (SSSR count). The molecule has 0 aliphatic carbocycles. The Morgan fingerprint density at radius 3 is 2.81 bits per heavy atom. The lowest BCUT2D eigenvalue weighted by Gasteiger charge is -2.22. The van der Waals surface area contributed by atoms with Crippen molar-refractivity contribution >= 4 is 11.6 Å². The Balaban J connectivity index is 1.78. The smallest absolute Gasteiger partial charge is 0.294 e. The van der Waals surface area contributed by atoms with Crippen LogP contribution >= 0.6 is 0 Å². The number of benzene rings is 1. The molecule has 2 aromatic heterocycles. The molecule has 0 saturated carbocycles. The van der Waals surface area contributed by atoms with Crippen molar-refractivity contribution < 1.29 is 14.1 Å². The maximum absolute atomic E-state index is 12.5. The molecule has 0 fully saturated rings. The average Bonchev–Trinajstić information content (AvgIpc) is 3.35. The van der Waals surface area contributed by atoms with Gasteiger partial charge in [0.15, 0.2) is 0 Å². The van der Waals surface area contributed by atoms with Gasteiger partial charge in [-0.3, -0.25) is 19.8 Å². The van der Waals surface area contributed by atoms with Gasteiger partial charge in [0.2, 0.25) is 0 Å². The fourth-order valence-corrected chi connectivity index (χ4v) is 2.74. The molecule has 0 radical (unpaired) electrons. The molecule has 0 saturated heterocycles. The van der Waals surface area contributed by atoms with Crippen molar-refractivity contribution in [3.05, 3.63) is 76.8 Å². The number of nitro benzene ring substituents is 1. The van der Waals surface area contributed by atoms with E-state index in [0.29, 0.717) is 12.2 Å². The highest BCUT2D eigenvalue weighted by atomic mass is 16.6. The lowest BCUT2D eigenvalue weighted by molar-refractivity contribution is -0.384. The summed E-state index contributed by atoms with van der Waals surface area (Å²) in [5.74, 6) is 0.329. The molecule has 9 heteroatoms. The predicted molar refractivity (Wildman–Crippen MR) is 97.7 cm³/mol. The number of aromatic nitrogens is 2. The van der Waals surface area contributed by atoms with Crippen LogP contribution < -0.4 is 5.32 Å². The summed E-state index contributed by atoms with van der Waals surface area (Å²) >= 11 is 0. The molecule has 1 N–H and O–H groups in total. The number of furan rings is 1. The summed E-state index contributed by atoms with van der Waals surface area (Å²) in [7, 11) is 3.76. The molecule has 1 unspecified atom stereocenters. The van der Waals surface area contributed by atoms with Crippen LogP contribution in [0.5, 0.6) is 0 Å². The van der Waals surface area contributed by atoms with Gasteiger partial charge >= 0.3 is 0 Å². The number of rotatable bonds is 7. The predicted octanol–water partition coefficient (Wildman–Crippen LogP) is 2.41. The number of nitrogens with one attached hydrogen (secondary N) is 1. The van der Waals surface area contributed by atoms with Gasteiger partial charge in [-0.15, -0.1) is 0 Å². The zero-order valence-electron chi connectivity index (χ0n) is 14.9. The van der Waals surface area contributed by atoms with Gasteiger partial charge < -0.3 is 14.3 Å². The topological polar surface area (TPSA) is 106 Å². The fraction of sp³-hybridized carbons (Fsp3) is 0.222. The molecule has 9 nitrogen and oxygen atoms in total. The van der Waals surface area contributed by atoms with Gasteiger partial charge in [-0.25, -0.2) is 4.98 Å². The van der Waals surface area contributed by atoms with Crippen molar-refractivity contribution in [1.29, 1.82) is 0 Å². The second-order valence-electron chi connectivity index (χ2n) is 6.14. The molecular formula is C18H19N5O4. The molecule has 1 amide bonds. The molecule has 140 valence electrons. The number of nitrogens with zero attached hydrogens (tertiary/aromatic N) is 4. The monoisotopic (exact) mass is 369 g/mol. The molecule has 0 bridgehead atoms. The summed E-state index contributed by atoms with van der Waals surface area (Å²) in [6.45, 7) is 0.302. The summed E-state index contributed by atoms with van der Waals surface area (Å²) in [6.07, 6.45) is 6.17. The Bertz CT molecular complexity index is 919. The molecule has 27 heavy (non-hydrogen) atoms. The number of nitro groups is 1. The Kier molecular flexibility index (Phi) is 5.32. The van der Waals surface area contributed by atoms with Crippen molar-refractivity contribution in [2.75, 3.05) is 20.6 Å². The van der Waals surface area contributed by atoms with Crippen molar-refractivity contribution in [1.82, 2.24) is 19.8 Å². The maximum Gasteiger partial charge on any atom is 0.294 e. The summed E-state index contributed by atoms with van der Waals surface area (Å²) in [6, 6.07) is 7.82. The number of hydrogen-bond donors (Lipinski definition) is 1. The van der Waals surface area contributed by atoms with Gasteiger partial charge in [0.1, 0.15) is 11.4 Å². The van der Waals surface area contributed by atoms with Gasteiger partial charge in [0.05, 0.1) is 23.6 Å². The van der Waals surface area contributed by atoms with E-state index in [1.165, 1.54) is 29.2 Å². The van der Waals surface area contributed by atoms with E-state index in [9.17, 15) is 14.9 Å². The minimum absolute atomic E-state index is 0.149. The summed E-state index contributed by atoms with van der Waals surface area (Å²) < 4.78 is 6.94. The largest absolute Gasteiger partial charge is 0.468 e. The maximum atomic E-state index is 12.5. The van der Waals surface area contributed by atoms with Gasteiger partial charge in [0.25, 0.3) is 11.6 Å². The van der Waals surface area contributed by atoms with Crippen molar-refractivity contribution in [3.8, 4) is 5.69 Å². The SMILES string of the molecule is CN(C)C(CNC(=O)c1ccc(-n2ccnc2)c([N+](=O)[O-])c1)c1ccco1. The van der Waals surface area contributed by atoms with Crippen LogP contribution in [0, 0.1) is 10.1 Å². The summed E-state index contributed by atoms with van der Waals surface area (Å²) in [5, 5.41) is 14.2. The van der Waals surface area contributed by atoms with E-state index < -0.39 is 10.8 Å². The second kappa shape index (κ2) is 7.83. The first-order chi connectivity index (χ1) is 13.0. The molecular weight excluding hydrogens is 350 g/mol. The minimum Gasteiger partial charge on any atom is -0.468 e. The van der Waals surface area contributed by atoms with E-state index in [4.69, 9.17) is 4.42 Å². The highest BCUT2D eigenvalue weighted by Crippen LogP contribution is 2.24. The Hall–Kier alpha value is -3.46. The lowest BCUT2D eigenvalue weighted by Crippen LogP contribution is -2.34. The van der Waals surface area contributed by atoms with Crippen LogP contribution in [0.4, 0.5) is 5.69 Å². The number of carbonyl (C=O) groups is 1. The van der Waals surface area contributed by atoms with Gasteiger partial charge in [-0.05, 0) is 38.4 Å². The molecule has 0 spiro atoms. The Labute approximate surface area is 155 Å². The van der Waals surface area contributed by atoms with Crippen LogP contribution in [0.2, 0.25) is 0 Å². The fourth-order valence-electron chi connectivity index (χ4n) is 2.74. The quantitative estimate of drug-likeness (QED) is 0.506. The number of likely N-dealkylation sites (N-methyl/N-ethyl adjacent to an activating group) is 1. The van der Waals surface area contributed by atoms with E-state index >= 15 is 0 Å². The average molecular weight is 369 g/mol. The van der Waals surface area contributed by atoms with E-state index in [1.54, 1.807) is 24.6 Å². The minimum atomic E-state index is -0.516. The molecule has 0 aliphatic heterocycles. The number of amides is 1. The first-order valence-corrected chi connectivity index (χ1v) is 8.22. The standard InChI is InChI=1S/C18H19N5O4/c1-21(2)16(17-4-3-9-27-17)11-20-18(24)13-5-6-14(15(10-13)23(25)26)22-8-7-19-12-22/h3-10,12,16H,11H2,1-2H3,(H,20,24). The zero-order chi connectivity index (χ0) is 19.4. The highest BCUT2D eigenvalue weighted by Gasteiger charge is 2.21. The Morgan fingerprint density at radius 2 is 2.22 bits per heavy atom. The summed E-state index contributed by atoms with van der Waals surface area (Å²) in [5.41, 5.74) is 0.383. The summed E-state index contributed by atoms with van der Waals surface area (Å²) in [4.78, 5) is 29.2. The van der Waals surface area contributed by atoms with Crippen LogP contribution in [0.3, 0.4) is 0 Å². The van der Waals surface area contributed by atoms with E-state index in [1.807, 2.05) is 25.1 Å². The van der Waals surface area contributed by atoms with Crippen LogP contribution in [-0.4, -0.2) is 45.9 Å². The molecule has 0 aliphatic rings. The van der Waals surface area contributed by atoms with E-state index in [-0.39, 0.29) is 17.3 Å². The van der Waals surface area contributed by atoms with Crippen LogP contribution in [0.25, 0.3) is 5.69 Å². The Morgan fingerprint density at radius 1 is 1.41 bits per heavy atom. The van der Waals surface area contributed by atoms with Crippen LogP contribution in [-0.2, 0) is 0 Å². The van der Waals surface area contributed by atoms with Gasteiger partial charge in [-0.1, -0.05) is 0 Å². The lowest BCUT2D eigenvalue weighted by atomic mass is 10.1. The normalized spacial score (nSPS) is 12.1. The molecule has 1 aromatic carbocycles. The van der Waals surface area contributed by atoms with E-state index in [2.05, 4.69) is 10.3 Å². The van der Waals surface area contributed by atoms with Crippen molar-refractivity contribution in [2.45, 2.75) is 6.04 Å². The highest BCUT2D eigenvalue weighted by molar-refractivity contribution is 5.95. The molecule has 1 atom stereocenters. The molecule has 3 aromatic rings. The van der Waals surface area contributed by atoms with Crippen LogP contribution in [0.15, 0.2) is 59.7 Å². The van der Waals surface area contributed by atoms with Gasteiger partial charge in [-0.2, -0.15) is 0 Å². The zero-order valence-corrected chi connectivity index (χ0v) is 14.9. The first-order valence-electron chi connectivity index (χ1n) is 8.22. The third kappa shape index (κ3) is 4.04. The van der Waals surface area contributed by atoms with Crippen molar-refractivity contribution in [2.24, 2.45) is 0 Å². The van der Waals surface area contributed by atoms with E-state index in [0.717, 1.165) is 5.76 Å². The van der Waals surface area contributed by atoms with Gasteiger partial charge in [0, 0.05) is 30.6 Å².